The smallest absolute Gasteiger partial charge is 0.303 e. The van der Waals surface area contributed by atoms with Crippen molar-refractivity contribution in [1.82, 2.24) is 4.90 Å². The quantitative estimate of drug-likeness (QED) is 0.553. The van der Waals surface area contributed by atoms with Crippen molar-refractivity contribution in [2.24, 2.45) is 29.1 Å². The van der Waals surface area contributed by atoms with Crippen molar-refractivity contribution < 1.29 is 19.4 Å². The molecule has 1 unspecified atom stereocenters. The molecule has 29 heavy (non-hydrogen) atoms. The monoisotopic (exact) mass is 406 g/mol. The number of nitrogens with zero attached hydrogens (tertiary/aromatic N) is 1. The minimum Gasteiger partial charge on any atom is -0.458 e. The molecule has 2 aliphatic rings. The van der Waals surface area contributed by atoms with Gasteiger partial charge in [-0.1, -0.05) is 40.7 Å². The van der Waals surface area contributed by atoms with E-state index < -0.39 is 17.1 Å². The molecule has 1 radical (unpaired) electrons. The molecule has 1 amide bonds. The zero-order chi connectivity index (χ0) is 22.1. The first-order valence-corrected chi connectivity index (χ1v) is 11.0. The van der Waals surface area contributed by atoms with E-state index in [4.69, 9.17) is 4.74 Å². The molecule has 2 aliphatic carbocycles. The van der Waals surface area contributed by atoms with Crippen molar-refractivity contribution in [2.45, 2.75) is 79.9 Å². The molecule has 1 N–H and O–H groups in total. The highest BCUT2D eigenvalue weighted by Crippen LogP contribution is 2.50. The maximum Gasteiger partial charge on any atom is 0.303 e. The Kier molecular flexibility index (Phi) is 7.25. The first-order valence-electron chi connectivity index (χ1n) is 11.0. The Bertz CT molecular complexity index is 650. The summed E-state index contributed by atoms with van der Waals surface area (Å²) in [6, 6.07) is 0. The Morgan fingerprint density at radius 2 is 1.97 bits per heavy atom. The predicted molar refractivity (Wildman–Crippen MR) is 115 cm³/mol. The second-order valence-corrected chi connectivity index (χ2v) is 10.2. The summed E-state index contributed by atoms with van der Waals surface area (Å²) in [6.07, 6.45) is 5.42. The molecule has 0 spiro atoms. The van der Waals surface area contributed by atoms with Gasteiger partial charge in [0.05, 0.1) is 5.60 Å². The van der Waals surface area contributed by atoms with Gasteiger partial charge < -0.3 is 14.7 Å². The molecule has 0 aromatic rings. The Morgan fingerprint density at radius 3 is 2.48 bits per heavy atom. The molecule has 2 rings (SSSR count). The molecule has 1 fully saturated rings. The summed E-state index contributed by atoms with van der Waals surface area (Å²) < 4.78 is 5.44. The number of carbonyl (C=O) groups excluding carboxylic acids is 2. The lowest BCUT2D eigenvalue weighted by atomic mass is 9.57. The molecule has 6 atom stereocenters. The van der Waals surface area contributed by atoms with E-state index in [2.05, 4.69) is 19.9 Å². The van der Waals surface area contributed by atoms with Gasteiger partial charge in [-0.2, -0.15) is 0 Å². The molecule has 0 saturated heterocycles. The lowest BCUT2D eigenvalue weighted by Crippen LogP contribution is -2.57. The van der Waals surface area contributed by atoms with Crippen LogP contribution in [0.4, 0.5) is 0 Å². The van der Waals surface area contributed by atoms with Crippen LogP contribution in [-0.4, -0.2) is 46.7 Å². The summed E-state index contributed by atoms with van der Waals surface area (Å²) >= 11 is 0. The van der Waals surface area contributed by atoms with E-state index in [0.717, 1.165) is 18.4 Å². The van der Waals surface area contributed by atoms with Crippen molar-refractivity contribution >= 4 is 11.9 Å². The van der Waals surface area contributed by atoms with Gasteiger partial charge in [-0.25, -0.2) is 0 Å². The van der Waals surface area contributed by atoms with E-state index in [1.807, 2.05) is 45.9 Å². The van der Waals surface area contributed by atoms with Gasteiger partial charge in [-0.05, 0) is 50.0 Å². The standard InChI is InChI=1S/C24H40NO4/c1-9-25(22(27)23(6,7)8)14-16(3)19-11-10-17(4)24(28)13-21(29-18(5)26)15(2)12-20(19)24/h12-13,16-17,19-21,28H,9-11,14H2,1-8H3/t16?,17-,19+,20-,21-,24-/m1/s1. The second kappa shape index (κ2) is 8.79. The molecular weight excluding hydrogens is 366 g/mol. The van der Waals surface area contributed by atoms with Crippen LogP contribution in [0, 0.1) is 35.5 Å². The van der Waals surface area contributed by atoms with Gasteiger partial charge in [0.2, 0.25) is 5.91 Å². The van der Waals surface area contributed by atoms with Gasteiger partial charge in [0.15, 0.2) is 0 Å². The molecule has 5 heteroatoms. The molecule has 5 nitrogen and oxygen atoms in total. The molecule has 0 aromatic carbocycles. The van der Waals surface area contributed by atoms with Crippen molar-refractivity contribution in [3.05, 3.63) is 18.1 Å². The number of ether oxygens (including phenoxy) is 1. The third kappa shape index (κ3) is 5.04. The molecule has 165 valence electrons. The summed E-state index contributed by atoms with van der Waals surface area (Å²) in [5, 5.41) is 11.6. The number of hydrogen-bond acceptors (Lipinski definition) is 4. The third-order valence-electron chi connectivity index (χ3n) is 6.87. The fourth-order valence-electron chi connectivity index (χ4n) is 5.07. The van der Waals surface area contributed by atoms with Gasteiger partial charge in [0.1, 0.15) is 6.10 Å². The van der Waals surface area contributed by atoms with Gasteiger partial charge in [-0.3, -0.25) is 9.59 Å². The first-order chi connectivity index (χ1) is 13.3. The van der Waals surface area contributed by atoms with Gasteiger partial charge in [0, 0.05) is 37.8 Å². The zero-order valence-electron chi connectivity index (χ0n) is 19.5. The molecular formula is C24H40NO4. The molecule has 0 aliphatic heterocycles. The normalized spacial score (nSPS) is 33.3. The first kappa shape index (κ1) is 23.9. The SMILES string of the molecule is CCN(CC(C)[C@@H]1CC[C@@H](C)[C@]2(O)[CH][C@@H](OC(C)=O)C(C)=C[C@H]12)C(=O)C(C)(C)C. The maximum absolute atomic E-state index is 12.8. The van der Waals surface area contributed by atoms with Crippen molar-refractivity contribution in [2.75, 3.05) is 13.1 Å². The number of carbonyl (C=O) groups is 2. The number of rotatable bonds is 5. The minimum absolute atomic E-state index is 0.0310. The van der Waals surface area contributed by atoms with Crippen LogP contribution in [0.3, 0.4) is 0 Å². The van der Waals surface area contributed by atoms with Gasteiger partial charge in [0.25, 0.3) is 0 Å². The van der Waals surface area contributed by atoms with Crippen molar-refractivity contribution in [3.8, 4) is 0 Å². The molecule has 0 bridgehead atoms. The Morgan fingerprint density at radius 1 is 1.34 bits per heavy atom. The van der Waals surface area contributed by atoms with Crippen molar-refractivity contribution in [3.63, 3.8) is 0 Å². The third-order valence-corrected chi connectivity index (χ3v) is 6.87. The molecule has 0 heterocycles. The largest absolute Gasteiger partial charge is 0.458 e. The fraction of sp³-hybridized carbons (Fsp3) is 0.792. The summed E-state index contributed by atoms with van der Waals surface area (Å²) in [5.74, 6) is 0.417. The number of fused-ring (bicyclic) bond motifs is 1. The highest BCUT2D eigenvalue weighted by atomic mass is 16.5. The highest BCUT2D eigenvalue weighted by Gasteiger charge is 2.53. The lowest BCUT2D eigenvalue weighted by Gasteiger charge is -2.53. The van der Waals surface area contributed by atoms with Crippen LogP contribution in [0.15, 0.2) is 11.6 Å². The minimum atomic E-state index is -0.998. The molecule has 0 aromatic heterocycles. The van der Waals surface area contributed by atoms with Crippen LogP contribution in [-0.2, 0) is 14.3 Å². The van der Waals surface area contributed by atoms with Crippen LogP contribution in [0.2, 0.25) is 0 Å². The van der Waals surface area contributed by atoms with Crippen LogP contribution < -0.4 is 0 Å². The number of aliphatic hydroxyl groups is 1. The van der Waals surface area contributed by atoms with E-state index in [9.17, 15) is 14.7 Å². The lowest BCUT2D eigenvalue weighted by molar-refractivity contribution is -0.148. The van der Waals surface area contributed by atoms with E-state index in [0.29, 0.717) is 13.1 Å². The fourth-order valence-corrected chi connectivity index (χ4v) is 5.07. The van der Waals surface area contributed by atoms with Crippen molar-refractivity contribution in [1.29, 1.82) is 0 Å². The zero-order valence-corrected chi connectivity index (χ0v) is 19.5. The maximum atomic E-state index is 12.8. The average Bonchev–Trinajstić information content (AvgIpc) is 2.60. The number of amides is 1. The Balaban J connectivity index is 2.26. The Hall–Kier alpha value is -1.36. The second-order valence-electron chi connectivity index (χ2n) is 10.2. The predicted octanol–water partition coefficient (Wildman–Crippen LogP) is 4.01. The average molecular weight is 407 g/mol. The Labute approximate surface area is 176 Å². The van der Waals surface area contributed by atoms with Crippen LogP contribution >= 0.6 is 0 Å². The van der Waals surface area contributed by atoms with Crippen LogP contribution in [0.25, 0.3) is 0 Å². The van der Waals surface area contributed by atoms with E-state index in [1.54, 1.807) is 0 Å². The summed E-state index contributed by atoms with van der Waals surface area (Å²) in [6.45, 7) is 16.9. The van der Waals surface area contributed by atoms with Gasteiger partial charge in [-0.15, -0.1) is 0 Å². The number of esters is 1. The van der Waals surface area contributed by atoms with E-state index in [-0.39, 0.29) is 35.5 Å². The van der Waals surface area contributed by atoms with Gasteiger partial charge >= 0.3 is 5.97 Å². The summed E-state index contributed by atoms with van der Waals surface area (Å²) in [4.78, 5) is 26.3. The highest BCUT2D eigenvalue weighted by molar-refractivity contribution is 5.81. The van der Waals surface area contributed by atoms with Crippen LogP contribution in [0.5, 0.6) is 0 Å². The summed E-state index contributed by atoms with van der Waals surface area (Å²) in [5.41, 5.74) is -0.425. The summed E-state index contributed by atoms with van der Waals surface area (Å²) in [7, 11) is 0. The molecule has 1 saturated carbocycles. The van der Waals surface area contributed by atoms with Crippen LogP contribution in [0.1, 0.15) is 68.2 Å². The topological polar surface area (TPSA) is 66.8 Å². The number of hydrogen-bond donors (Lipinski definition) is 1. The van der Waals surface area contributed by atoms with E-state index in [1.165, 1.54) is 6.92 Å². The van der Waals surface area contributed by atoms with E-state index >= 15 is 0 Å².